The Labute approximate surface area is 222 Å². The second kappa shape index (κ2) is 10.5. The fourth-order valence-electron chi connectivity index (χ4n) is 5.26. The van der Waals surface area contributed by atoms with Crippen molar-refractivity contribution in [3.63, 3.8) is 0 Å². The van der Waals surface area contributed by atoms with Crippen LogP contribution in [-0.4, -0.2) is 51.7 Å². The average molecular weight is 503 g/mol. The maximum atomic E-state index is 13.9. The van der Waals surface area contributed by atoms with E-state index in [1.54, 1.807) is 10.9 Å². The van der Waals surface area contributed by atoms with Crippen molar-refractivity contribution in [3.05, 3.63) is 132 Å². The fraction of sp³-hybridized carbons (Fsp3) is 0.188. The summed E-state index contributed by atoms with van der Waals surface area (Å²) in [6, 6.07) is 34.9. The highest BCUT2D eigenvalue weighted by atomic mass is 16.3. The van der Waals surface area contributed by atoms with Crippen LogP contribution in [0, 0.1) is 6.92 Å². The number of carbonyl (C=O) groups is 1. The molecule has 3 aromatic carbocycles. The van der Waals surface area contributed by atoms with Gasteiger partial charge in [-0.3, -0.25) is 9.69 Å². The number of hydrogen-bond donors (Lipinski definition) is 0. The average Bonchev–Trinajstić information content (AvgIpc) is 3.65. The largest absolute Gasteiger partial charge is 0.463 e. The summed E-state index contributed by atoms with van der Waals surface area (Å²) in [5, 5.41) is 4.77. The van der Waals surface area contributed by atoms with Crippen molar-refractivity contribution in [1.29, 1.82) is 0 Å². The van der Waals surface area contributed by atoms with Crippen LogP contribution in [0.25, 0.3) is 17.1 Å². The Morgan fingerprint density at radius 2 is 1.47 bits per heavy atom. The summed E-state index contributed by atoms with van der Waals surface area (Å²) >= 11 is 0. The molecule has 0 bridgehead atoms. The van der Waals surface area contributed by atoms with Gasteiger partial charge < -0.3 is 9.32 Å². The Balaban J connectivity index is 1.27. The van der Waals surface area contributed by atoms with Crippen molar-refractivity contribution in [1.82, 2.24) is 19.6 Å². The number of benzene rings is 3. The third-order valence-corrected chi connectivity index (χ3v) is 7.15. The first-order valence-electron chi connectivity index (χ1n) is 13.0. The molecule has 38 heavy (non-hydrogen) atoms. The van der Waals surface area contributed by atoms with E-state index in [0.717, 1.165) is 24.3 Å². The lowest BCUT2D eigenvalue weighted by Crippen LogP contribution is -2.50. The quantitative estimate of drug-likeness (QED) is 0.286. The lowest BCUT2D eigenvalue weighted by atomic mass is 9.96. The van der Waals surface area contributed by atoms with Crippen molar-refractivity contribution in [2.75, 3.05) is 26.2 Å². The second-order valence-electron chi connectivity index (χ2n) is 9.69. The van der Waals surface area contributed by atoms with E-state index in [4.69, 9.17) is 9.52 Å². The van der Waals surface area contributed by atoms with Crippen LogP contribution in [0.4, 0.5) is 0 Å². The molecule has 5 aromatic rings. The molecule has 1 aliphatic heterocycles. The minimum Gasteiger partial charge on any atom is -0.463 e. The number of furan rings is 1. The van der Waals surface area contributed by atoms with E-state index in [0.29, 0.717) is 30.2 Å². The molecular formula is C32H30N4O2. The smallest absolute Gasteiger partial charge is 0.272 e. The monoisotopic (exact) mass is 502 g/mol. The topological polar surface area (TPSA) is 54.5 Å². The third-order valence-electron chi connectivity index (χ3n) is 7.15. The molecular weight excluding hydrogens is 472 g/mol. The van der Waals surface area contributed by atoms with Crippen LogP contribution >= 0.6 is 0 Å². The normalized spacial score (nSPS) is 14.2. The van der Waals surface area contributed by atoms with E-state index in [-0.39, 0.29) is 11.9 Å². The molecule has 6 nitrogen and oxygen atoms in total. The van der Waals surface area contributed by atoms with Gasteiger partial charge in [0.25, 0.3) is 5.91 Å². The standard InChI is InChI=1S/C32H30N4O2/c1-24-10-8-15-27(22-24)36-29(23-28(33-36)30-16-9-21-38-30)32(37)35-19-17-34(18-20-35)31(25-11-4-2-5-12-25)26-13-6-3-7-14-26/h2-16,21-23,31H,17-20H2,1H3. The highest BCUT2D eigenvalue weighted by Gasteiger charge is 2.30. The highest BCUT2D eigenvalue weighted by molar-refractivity contribution is 5.94. The first-order chi connectivity index (χ1) is 18.7. The van der Waals surface area contributed by atoms with Gasteiger partial charge in [0, 0.05) is 32.2 Å². The lowest BCUT2D eigenvalue weighted by molar-refractivity contribution is 0.0588. The van der Waals surface area contributed by atoms with Crippen LogP contribution in [0.1, 0.15) is 33.2 Å². The van der Waals surface area contributed by atoms with Gasteiger partial charge in [0.2, 0.25) is 0 Å². The number of aromatic nitrogens is 2. The molecule has 1 amide bonds. The maximum Gasteiger partial charge on any atom is 0.272 e. The number of amides is 1. The van der Waals surface area contributed by atoms with Gasteiger partial charge in [-0.2, -0.15) is 5.10 Å². The van der Waals surface area contributed by atoms with Crippen molar-refractivity contribution < 1.29 is 9.21 Å². The maximum absolute atomic E-state index is 13.9. The van der Waals surface area contributed by atoms with Crippen LogP contribution in [0.15, 0.2) is 114 Å². The van der Waals surface area contributed by atoms with E-state index in [1.807, 2.05) is 54.3 Å². The predicted octanol–water partition coefficient (Wildman–Crippen LogP) is 5.99. The number of rotatable bonds is 6. The molecule has 0 unspecified atom stereocenters. The number of carbonyl (C=O) groups excluding carboxylic acids is 1. The van der Waals surface area contributed by atoms with Gasteiger partial charge in [-0.1, -0.05) is 72.8 Å². The molecule has 1 saturated heterocycles. The predicted molar refractivity (Wildman–Crippen MR) is 148 cm³/mol. The molecule has 6 rings (SSSR count). The summed E-state index contributed by atoms with van der Waals surface area (Å²) in [6.45, 7) is 4.89. The van der Waals surface area contributed by atoms with E-state index < -0.39 is 0 Å². The molecule has 0 N–H and O–H groups in total. The molecule has 1 aliphatic rings. The molecule has 1 fully saturated rings. The SMILES string of the molecule is Cc1cccc(-n2nc(-c3ccco3)cc2C(=O)N2CCN(C(c3ccccc3)c3ccccc3)CC2)c1. The summed E-state index contributed by atoms with van der Waals surface area (Å²) in [6.07, 6.45) is 1.62. The van der Waals surface area contributed by atoms with Crippen LogP contribution < -0.4 is 0 Å². The lowest BCUT2D eigenvalue weighted by Gasteiger charge is -2.39. The molecule has 0 saturated carbocycles. The minimum atomic E-state index is -0.0209. The van der Waals surface area contributed by atoms with Crippen molar-refractivity contribution in [3.8, 4) is 17.1 Å². The van der Waals surface area contributed by atoms with Gasteiger partial charge in [0.05, 0.1) is 18.0 Å². The first-order valence-corrected chi connectivity index (χ1v) is 13.0. The number of nitrogens with zero attached hydrogens (tertiary/aromatic N) is 4. The van der Waals surface area contributed by atoms with E-state index in [9.17, 15) is 4.79 Å². The molecule has 190 valence electrons. The minimum absolute atomic E-state index is 0.0209. The Morgan fingerprint density at radius 1 is 0.789 bits per heavy atom. The van der Waals surface area contributed by atoms with Crippen LogP contribution in [0.2, 0.25) is 0 Å². The zero-order valence-electron chi connectivity index (χ0n) is 21.4. The molecule has 2 aromatic heterocycles. The zero-order chi connectivity index (χ0) is 25.9. The first kappa shape index (κ1) is 23.9. The van der Waals surface area contributed by atoms with E-state index in [1.165, 1.54) is 11.1 Å². The Morgan fingerprint density at radius 3 is 2.08 bits per heavy atom. The Bertz CT molecular complexity index is 1460. The van der Waals surface area contributed by atoms with Crippen molar-refractivity contribution in [2.24, 2.45) is 0 Å². The van der Waals surface area contributed by atoms with E-state index >= 15 is 0 Å². The number of piperazine rings is 1. The molecule has 0 aliphatic carbocycles. The molecule has 6 heteroatoms. The van der Waals surface area contributed by atoms with Crippen LogP contribution in [-0.2, 0) is 0 Å². The van der Waals surface area contributed by atoms with Gasteiger partial charge in [-0.15, -0.1) is 0 Å². The van der Waals surface area contributed by atoms with Crippen molar-refractivity contribution >= 4 is 5.91 Å². The van der Waals surface area contributed by atoms with Gasteiger partial charge in [-0.25, -0.2) is 4.68 Å². The van der Waals surface area contributed by atoms with E-state index in [2.05, 4.69) is 65.6 Å². The summed E-state index contributed by atoms with van der Waals surface area (Å²) in [5.41, 5.74) is 5.68. The highest BCUT2D eigenvalue weighted by Crippen LogP contribution is 2.30. The Hall–Kier alpha value is -4.42. The fourth-order valence-corrected chi connectivity index (χ4v) is 5.26. The third kappa shape index (κ3) is 4.78. The Kier molecular flexibility index (Phi) is 6.63. The summed E-state index contributed by atoms with van der Waals surface area (Å²) in [7, 11) is 0. The van der Waals surface area contributed by atoms with Gasteiger partial charge in [0.15, 0.2) is 5.76 Å². The summed E-state index contributed by atoms with van der Waals surface area (Å²) in [5.74, 6) is 0.622. The molecule has 3 heterocycles. The summed E-state index contributed by atoms with van der Waals surface area (Å²) < 4.78 is 7.34. The zero-order valence-corrected chi connectivity index (χ0v) is 21.4. The summed E-state index contributed by atoms with van der Waals surface area (Å²) in [4.78, 5) is 18.3. The molecule has 0 atom stereocenters. The van der Waals surface area contributed by atoms with Gasteiger partial charge in [-0.05, 0) is 47.9 Å². The number of aryl methyl sites for hydroxylation is 1. The van der Waals surface area contributed by atoms with Crippen LogP contribution in [0.3, 0.4) is 0 Å². The van der Waals surface area contributed by atoms with Gasteiger partial charge in [0.1, 0.15) is 11.4 Å². The van der Waals surface area contributed by atoms with Gasteiger partial charge >= 0.3 is 0 Å². The molecule has 0 spiro atoms. The second-order valence-corrected chi connectivity index (χ2v) is 9.69. The molecule has 0 radical (unpaired) electrons. The van der Waals surface area contributed by atoms with Crippen LogP contribution in [0.5, 0.6) is 0 Å². The number of hydrogen-bond acceptors (Lipinski definition) is 4. The van der Waals surface area contributed by atoms with Crippen molar-refractivity contribution in [2.45, 2.75) is 13.0 Å².